The summed E-state index contributed by atoms with van der Waals surface area (Å²) in [6, 6.07) is -1.74. The van der Waals surface area contributed by atoms with Gasteiger partial charge in [0, 0.05) is 6.44 Å². The summed E-state index contributed by atoms with van der Waals surface area (Å²) in [6.45, 7) is -3.38. The average molecular weight is 262 g/mol. The Kier molecular flexibility index (Phi) is 6.56. The molecule has 0 aliphatic carbocycles. The molecule has 0 spiro atoms. The Bertz CT molecular complexity index is 287. The number of urea groups is 1. The van der Waals surface area contributed by atoms with Crippen LogP contribution in [0.25, 0.3) is 0 Å². The second-order valence-corrected chi connectivity index (χ2v) is 3.45. The molecule has 86 valence electrons. The molecule has 1 fully saturated rings. The van der Waals surface area contributed by atoms with Crippen molar-refractivity contribution in [3.05, 3.63) is 0 Å². The molecular formula is C7H11BF3KN2O2. The van der Waals surface area contributed by atoms with Gasteiger partial charge >= 0.3 is 64.4 Å². The number of rotatable bonds is 4. The van der Waals surface area contributed by atoms with E-state index in [0.717, 1.165) is 0 Å². The molecule has 0 aromatic rings. The number of amides is 3. The number of nitrogens with zero attached hydrogens (tertiary/aromatic N) is 1. The summed E-state index contributed by atoms with van der Waals surface area (Å²) in [4.78, 5) is 22.6. The molecule has 0 aromatic carbocycles. The van der Waals surface area contributed by atoms with Crippen LogP contribution in [0.2, 0.25) is 0 Å². The first-order valence-corrected chi connectivity index (χ1v) is 4.68. The molecule has 4 nitrogen and oxygen atoms in total. The van der Waals surface area contributed by atoms with E-state index in [1.807, 2.05) is 0 Å². The summed E-state index contributed by atoms with van der Waals surface area (Å²) in [5.74, 6) is -0.777. The Morgan fingerprint density at radius 1 is 1.38 bits per heavy atom. The van der Waals surface area contributed by atoms with E-state index < -0.39 is 31.4 Å². The Balaban J connectivity index is 0.00000225. The standard InChI is InChI=1S/C7H11BF3N2O2.K/c1-2-3-5-6(14)13(7(15)12-5)4-8(9,10)11;/h5H,2-4H2,1H3,(H,12,15);/q-1;+1. The van der Waals surface area contributed by atoms with Gasteiger partial charge in [0.25, 0.3) is 0 Å². The molecule has 1 N–H and O–H groups in total. The van der Waals surface area contributed by atoms with Gasteiger partial charge in [-0.2, -0.15) is 0 Å². The third kappa shape index (κ3) is 4.36. The van der Waals surface area contributed by atoms with Crippen LogP contribution in [0.5, 0.6) is 0 Å². The van der Waals surface area contributed by atoms with Gasteiger partial charge < -0.3 is 18.3 Å². The van der Waals surface area contributed by atoms with Gasteiger partial charge in [-0.3, -0.25) is 9.69 Å². The molecule has 1 atom stereocenters. The molecule has 1 aliphatic heterocycles. The first-order valence-electron chi connectivity index (χ1n) is 4.68. The molecule has 1 rings (SSSR count). The summed E-state index contributed by atoms with van der Waals surface area (Å²) < 4.78 is 36.2. The minimum atomic E-state index is -5.16. The second kappa shape index (κ2) is 6.39. The van der Waals surface area contributed by atoms with Gasteiger partial charge in [0.2, 0.25) is 5.91 Å². The normalized spacial score (nSPS) is 20.8. The summed E-state index contributed by atoms with van der Waals surface area (Å²) in [7, 11) is 0. The third-order valence-electron chi connectivity index (χ3n) is 2.07. The van der Waals surface area contributed by atoms with Crippen molar-refractivity contribution in [2.24, 2.45) is 0 Å². The van der Waals surface area contributed by atoms with Gasteiger partial charge in [0.1, 0.15) is 6.04 Å². The number of hydrogen-bond acceptors (Lipinski definition) is 2. The van der Waals surface area contributed by atoms with Crippen molar-refractivity contribution in [3.8, 4) is 0 Å². The molecule has 0 saturated carbocycles. The van der Waals surface area contributed by atoms with Gasteiger partial charge in [-0.15, -0.1) is 0 Å². The number of carbonyl (C=O) groups excluding carboxylic acids is 2. The van der Waals surface area contributed by atoms with E-state index in [1.54, 1.807) is 6.92 Å². The van der Waals surface area contributed by atoms with Crippen LogP contribution in [0.3, 0.4) is 0 Å². The smallest absolute Gasteiger partial charge is 0.448 e. The Morgan fingerprint density at radius 3 is 2.38 bits per heavy atom. The molecular weight excluding hydrogens is 251 g/mol. The predicted octanol–water partition coefficient (Wildman–Crippen LogP) is -1.90. The molecule has 1 unspecified atom stereocenters. The summed E-state index contributed by atoms with van der Waals surface area (Å²) in [6.07, 6.45) is -0.460. The maximum Gasteiger partial charge on any atom is 1.00 e. The zero-order valence-electron chi connectivity index (χ0n) is 9.17. The fourth-order valence-electron chi connectivity index (χ4n) is 1.44. The van der Waals surface area contributed by atoms with E-state index in [9.17, 15) is 22.5 Å². The zero-order valence-corrected chi connectivity index (χ0v) is 12.3. The number of carbonyl (C=O) groups is 2. The quantitative estimate of drug-likeness (QED) is 0.475. The minimum Gasteiger partial charge on any atom is -0.448 e. The predicted molar refractivity (Wildman–Crippen MR) is 48.0 cm³/mol. The fraction of sp³-hybridized carbons (Fsp3) is 0.714. The van der Waals surface area contributed by atoms with Crippen molar-refractivity contribution in [3.63, 3.8) is 0 Å². The first kappa shape index (κ1) is 16.4. The third-order valence-corrected chi connectivity index (χ3v) is 2.07. The van der Waals surface area contributed by atoms with Gasteiger partial charge in [0.15, 0.2) is 0 Å². The number of hydrogen-bond donors (Lipinski definition) is 1. The Labute approximate surface area is 134 Å². The maximum atomic E-state index is 12.1. The first-order chi connectivity index (χ1) is 6.85. The molecule has 16 heavy (non-hydrogen) atoms. The largest absolute Gasteiger partial charge is 1.00 e. The van der Waals surface area contributed by atoms with Crippen molar-refractivity contribution in [1.29, 1.82) is 0 Å². The van der Waals surface area contributed by atoms with Crippen LogP contribution in [0, 0.1) is 0 Å². The van der Waals surface area contributed by atoms with E-state index >= 15 is 0 Å². The zero-order chi connectivity index (χ0) is 11.6. The molecule has 1 heterocycles. The summed E-state index contributed by atoms with van der Waals surface area (Å²) >= 11 is 0. The summed E-state index contributed by atoms with van der Waals surface area (Å²) in [5, 5.41) is 2.22. The molecule has 0 radical (unpaired) electrons. The van der Waals surface area contributed by atoms with Crippen molar-refractivity contribution in [1.82, 2.24) is 10.2 Å². The fourth-order valence-corrected chi connectivity index (χ4v) is 1.44. The van der Waals surface area contributed by atoms with E-state index in [-0.39, 0.29) is 56.3 Å². The van der Waals surface area contributed by atoms with Crippen molar-refractivity contribution in [2.75, 3.05) is 6.44 Å². The number of halogens is 3. The summed E-state index contributed by atoms with van der Waals surface area (Å²) in [5.41, 5.74) is 0. The monoisotopic (exact) mass is 262 g/mol. The molecule has 9 heteroatoms. The van der Waals surface area contributed by atoms with E-state index in [0.29, 0.717) is 12.8 Å². The number of imide groups is 1. The van der Waals surface area contributed by atoms with Crippen LogP contribution in [0.4, 0.5) is 17.7 Å². The van der Waals surface area contributed by atoms with Crippen molar-refractivity contribution >= 4 is 18.9 Å². The van der Waals surface area contributed by atoms with Crippen LogP contribution in [0.15, 0.2) is 0 Å². The van der Waals surface area contributed by atoms with Crippen LogP contribution in [-0.2, 0) is 4.79 Å². The van der Waals surface area contributed by atoms with Gasteiger partial charge in [-0.25, -0.2) is 4.79 Å². The van der Waals surface area contributed by atoms with E-state index in [4.69, 9.17) is 0 Å². The molecule has 0 bridgehead atoms. The maximum absolute atomic E-state index is 12.1. The van der Waals surface area contributed by atoms with Crippen LogP contribution in [0.1, 0.15) is 19.8 Å². The topological polar surface area (TPSA) is 49.4 Å². The van der Waals surface area contributed by atoms with Gasteiger partial charge in [-0.05, 0) is 6.42 Å². The van der Waals surface area contributed by atoms with Gasteiger partial charge in [0.05, 0.1) is 0 Å². The minimum absolute atomic E-state index is 0. The van der Waals surface area contributed by atoms with Crippen LogP contribution >= 0.6 is 0 Å². The molecule has 3 amide bonds. The van der Waals surface area contributed by atoms with Crippen molar-refractivity contribution in [2.45, 2.75) is 25.8 Å². The number of nitrogens with one attached hydrogen (secondary N) is 1. The average Bonchev–Trinajstić information content (AvgIpc) is 2.32. The Morgan fingerprint density at radius 2 is 1.94 bits per heavy atom. The van der Waals surface area contributed by atoms with Gasteiger partial charge in [-0.1, -0.05) is 13.3 Å². The van der Waals surface area contributed by atoms with E-state index in [1.165, 1.54) is 0 Å². The van der Waals surface area contributed by atoms with E-state index in [2.05, 4.69) is 5.32 Å². The van der Waals surface area contributed by atoms with Crippen LogP contribution < -0.4 is 56.7 Å². The molecule has 1 aliphatic rings. The SMILES string of the molecule is CCCC1NC(=O)N(C[B-](F)(F)F)C1=O.[K+]. The van der Waals surface area contributed by atoms with Crippen molar-refractivity contribution < 1.29 is 73.9 Å². The Hall–Kier alpha value is 0.431. The molecule has 0 aromatic heterocycles. The van der Waals surface area contributed by atoms with Crippen LogP contribution in [-0.4, -0.2) is 36.3 Å². The second-order valence-electron chi connectivity index (χ2n) is 3.45. The molecule has 1 saturated heterocycles.